The van der Waals surface area contributed by atoms with Crippen LogP contribution in [0.3, 0.4) is 0 Å². The molecule has 0 aromatic heterocycles. The lowest BCUT2D eigenvalue weighted by Crippen LogP contribution is -2.41. The zero-order valence-corrected chi connectivity index (χ0v) is 10.0. The summed E-state index contributed by atoms with van der Waals surface area (Å²) in [6.45, 7) is 2.24. The molecular formula is C13H15F4N. The number of hydrogen-bond donors (Lipinski definition) is 1. The number of alkyl halides is 3. The van der Waals surface area contributed by atoms with Crippen LogP contribution >= 0.6 is 0 Å². The van der Waals surface area contributed by atoms with Crippen molar-refractivity contribution in [1.29, 1.82) is 0 Å². The Morgan fingerprint density at radius 3 is 2.67 bits per heavy atom. The molecule has 2 unspecified atom stereocenters. The van der Waals surface area contributed by atoms with Crippen molar-refractivity contribution in [2.45, 2.75) is 32.0 Å². The maximum Gasteiger partial charge on any atom is 0.393 e. The van der Waals surface area contributed by atoms with Gasteiger partial charge in [0.15, 0.2) is 0 Å². The predicted octanol–water partition coefficient (Wildman–Crippen LogP) is 3.74. The Labute approximate surface area is 103 Å². The van der Waals surface area contributed by atoms with E-state index in [-0.39, 0.29) is 6.42 Å². The molecule has 1 aromatic rings. The standard InChI is InChI=1S/C13H15F4N/c1-8-4-5-9(14)7-10(8)12-11(13(15,16)17)3-2-6-18-12/h4-5,7,11-12,18H,2-3,6H2,1H3. The second-order valence-electron chi connectivity index (χ2n) is 4.72. The van der Waals surface area contributed by atoms with Crippen LogP contribution in [0.4, 0.5) is 17.6 Å². The number of aryl methyl sites for hydroxylation is 1. The van der Waals surface area contributed by atoms with Gasteiger partial charge in [0.25, 0.3) is 0 Å². The molecule has 0 amide bonds. The molecule has 0 spiro atoms. The lowest BCUT2D eigenvalue weighted by Gasteiger charge is -2.35. The van der Waals surface area contributed by atoms with Crippen LogP contribution < -0.4 is 5.32 Å². The van der Waals surface area contributed by atoms with E-state index >= 15 is 0 Å². The van der Waals surface area contributed by atoms with E-state index in [1.54, 1.807) is 6.92 Å². The molecule has 2 rings (SSSR count). The lowest BCUT2D eigenvalue weighted by molar-refractivity contribution is -0.189. The highest BCUT2D eigenvalue weighted by molar-refractivity contribution is 5.30. The highest BCUT2D eigenvalue weighted by Gasteiger charge is 2.46. The molecule has 1 aromatic carbocycles. The Morgan fingerprint density at radius 2 is 2.00 bits per heavy atom. The van der Waals surface area contributed by atoms with Gasteiger partial charge >= 0.3 is 6.18 Å². The Balaban J connectivity index is 2.37. The second-order valence-corrected chi connectivity index (χ2v) is 4.72. The van der Waals surface area contributed by atoms with E-state index in [0.29, 0.717) is 24.1 Å². The van der Waals surface area contributed by atoms with Crippen LogP contribution in [0.15, 0.2) is 18.2 Å². The van der Waals surface area contributed by atoms with Gasteiger partial charge in [0, 0.05) is 6.04 Å². The molecule has 1 aliphatic heterocycles. The summed E-state index contributed by atoms with van der Waals surface area (Å²) in [5.41, 5.74) is 1.10. The highest BCUT2D eigenvalue weighted by Crippen LogP contribution is 2.41. The molecule has 1 fully saturated rings. The highest BCUT2D eigenvalue weighted by atomic mass is 19.4. The molecule has 1 aliphatic rings. The van der Waals surface area contributed by atoms with Gasteiger partial charge in [0.1, 0.15) is 5.82 Å². The lowest BCUT2D eigenvalue weighted by atomic mass is 9.84. The van der Waals surface area contributed by atoms with Crippen LogP contribution in [0.2, 0.25) is 0 Å². The van der Waals surface area contributed by atoms with Gasteiger partial charge in [-0.25, -0.2) is 4.39 Å². The molecule has 5 heteroatoms. The van der Waals surface area contributed by atoms with Gasteiger partial charge < -0.3 is 5.32 Å². The quantitative estimate of drug-likeness (QED) is 0.759. The van der Waals surface area contributed by atoms with E-state index < -0.39 is 24.0 Å². The Morgan fingerprint density at radius 1 is 1.28 bits per heavy atom. The molecule has 0 aliphatic carbocycles. The van der Waals surface area contributed by atoms with Crippen LogP contribution in [0.25, 0.3) is 0 Å². The van der Waals surface area contributed by atoms with Crippen molar-refractivity contribution in [2.24, 2.45) is 5.92 Å². The minimum Gasteiger partial charge on any atom is -0.309 e. The number of benzene rings is 1. The number of nitrogens with one attached hydrogen (secondary N) is 1. The van der Waals surface area contributed by atoms with Gasteiger partial charge in [-0.05, 0) is 49.6 Å². The first kappa shape index (κ1) is 13.3. The normalized spacial score (nSPS) is 25.2. The Hall–Kier alpha value is -1.10. The van der Waals surface area contributed by atoms with E-state index in [1.807, 2.05) is 0 Å². The van der Waals surface area contributed by atoms with Gasteiger partial charge in [-0.2, -0.15) is 13.2 Å². The fourth-order valence-electron chi connectivity index (χ4n) is 2.51. The van der Waals surface area contributed by atoms with E-state index in [9.17, 15) is 17.6 Å². The average Bonchev–Trinajstić information content (AvgIpc) is 2.31. The zero-order valence-electron chi connectivity index (χ0n) is 10.0. The van der Waals surface area contributed by atoms with Crippen molar-refractivity contribution in [3.05, 3.63) is 35.1 Å². The topological polar surface area (TPSA) is 12.0 Å². The first-order chi connectivity index (χ1) is 8.39. The molecule has 18 heavy (non-hydrogen) atoms. The monoisotopic (exact) mass is 261 g/mol. The van der Waals surface area contributed by atoms with E-state index in [0.717, 1.165) is 0 Å². The van der Waals surface area contributed by atoms with Crippen molar-refractivity contribution in [2.75, 3.05) is 6.54 Å². The fourth-order valence-corrected chi connectivity index (χ4v) is 2.51. The van der Waals surface area contributed by atoms with Gasteiger partial charge in [-0.15, -0.1) is 0 Å². The molecule has 1 heterocycles. The van der Waals surface area contributed by atoms with Crippen LogP contribution in [0, 0.1) is 18.7 Å². The summed E-state index contributed by atoms with van der Waals surface area (Å²) in [4.78, 5) is 0. The molecule has 1 nitrogen and oxygen atoms in total. The predicted molar refractivity (Wildman–Crippen MR) is 60.7 cm³/mol. The second kappa shape index (κ2) is 4.88. The van der Waals surface area contributed by atoms with Crippen molar-refractivity contribution in [3.8, 4) is 0 Å². The summed E-state index contributed by atoms with van der Waals surface area (Å²) in [6.07, 6.45) is -3.66. The van der Waals surface area contributed by atoms with Crippen molar-refractivity contribution in [1.82, 2.24) is 5.32 Å². The largest absolute Gasteiger partial charge is 0.393 e. The third-order valence-corrected chi connectivity index (χ3v) is 3.46. The van der Waals surface area contributed by atoms with Gasteiger partial charge in [-0.1, -0.05) is 6.07 Å². The maximum absolute atomic E-state index is 13.2. The van der Waals surface area contributed by atoms with Crippen LogP contribution in [-0.4, -0.2) is 12.7 Å². The summed E-state index contributed by atoms with van der Waals surface area (Å²) >= 11 is 0. The summed E-state index contributed by atoms with van der Waals surface area (Å²) in [5, 5.41) is 2.87. The van der Waals surface area contributed by atoms with Crippen LogP contribution in [0.1, 0.15) is 30.0 Å². The third kappa shape index (κ3) is 2.66. The molecule has 2 atom stereocenters. The van der Waals surface area contributed by atoms with Gasteiger partial charge in [0.2, 0.25) is 0 Å². The van der Waals surface area contributed by atoms with Crippen molar-refractivity contribution < 1.29 is 17.6 Å². The maximum atomic E-state index is 13.2. The number of rotatable bonds is 1. The molecule has 1 N–H and O–H groups in total. The molecular weight excluding hydrogens is 246 g/mol. The SMILES string of the molecule is Cc1ccc(F)cc1C1NCCCC1C(F)(F)F. The zero-order chi connectivity index (χ0) is 13.3. The fraction of sp³-hybridized carbons (Fsp3) is 0.538. The average molecular weight is 261 g/mol. The first-order valence-corrected chi connectivity index (χ1v) is 5.96. The first-order valence-electron chi connectivity index (χ1n) is 5.96. The van der Waals surface area contributed by atoms with Crippen molar-refractivity contribution >= 4 is 0 Å². The number of halogens is 4. The Bertz CT molecular complexity index is 427. The summed E-state index contributed by atoms with van der Waals surface area (Å²) in [6, 6.07) is 3.16. The van der Waals surface area contributed by atoms with Crippen LogP contribution in [-0.2, 0) is 0 Å². The minimum absolute atomic E-state index is 0.0944. The van der Waals surface area contributed by atoms with Gasteiger partial charge in [0.05, 0.1) is 5.92 Å². The smallest absolute Gasteiger partial charge is 0.309 e. The summed E-state index contributed by atoms with van der Waals surface area (Å²) in [5.74, 6) is -1.93. The van der Waals surface area contributed by atoms with E-state index in [4.69, 9.17) is 0 Å². The van der Waals surface area contributed by atoms with Crippen LogP contribution in [0.5, 0.6) is 0 Å². The van der Waals surface area contributed by atoms with E-state index in [2.05, 4.69) is 5.32 Å². The number of piperidine rings is 1. The van der Waals surface area contributed by atoms with Gasteiger partial charge in [-0.3, -0.25) is 0 Å². The molecule has 0 bridgehead atoms. The van der Waals surface area contributed by atoms with E-state index in [1.165, 1.54) is 18.2 Å². The molecule has 1 saturated heterocycles. The molecule has 0 radical (unpaired) electrons. The molecule has 100 valence electrons. The molecule has 0 saturated carbocycles. The minimum atomic E-state index is -4.25. The Kier molecular flexibility index (Phi) is 3.61. The third-order valence-electron chi connectivity index (χ3n) is 3.46. The summed E-state index contributed by atoms with van der Waals surface area (Å²) < 4.78 is 52.1. The van der Waals surface area contributed by atoms with Crippen molar-refractivity contribution in [3.63, 3.8) is 0 Å². The summed E-state index contributed by atoms with van der Waals surface area (Å²) in [7, 11) is 0. The number of hydrogen-bond acceptors (Lipinski definition) is 1.